The van der Waals surface area contributed by atoms with Crippen LogP contribution in [0.1, 0.15) is 19.8 Å². The lowest BCUT2D eigenvalue weighted by Gasteiger charge is -2.35. The number of aromatic amines is 1. The second-order valence-electron chi connectivity index (χ2n) is 5.21. The van der Waals surface area contributed by atoms with E-state index in [4.69, 9.17) is 5.73 Å². The van der Waals surface area contributed by atoms with Crippen LogP contribution >= 0.6 is 0 Å². The summed E-state index contributed by atoms with van der Waals surface area (Å²) in [6.45, 7) is 3.94. The Morgan fingerprint density at radius 3 is 3.21 bits per heavy atom. The van der Waals surface area contributed by atoms with Gasteiger partial charge in [-0.3, -0.25) is 0 Å². The molecule has 1 aliphatic rings. The van der Waals surface area contributed by atoms with Gasteiger partial charge in [0, 0.05) is 25.2 Å². The van der Waals surface area contributed by atoms with Crippen molar-refractivity contribution in [3.8, 4) is 0 Å². The van der Waals surface area contributed by atoms with E-state index in [0.29, 0.717) is 11.6 Å². The van der Waals surface area contributed by atoms with Gasteiger partial charge in [0.05, 0.1) is 0 Å². The fraction of sp³-hybridized carbons (Fsp3) is 0.583. The molecule has 3 heterocycles. The molecule has 7 heteroatoms. The van der Waals surface area contributed by atoms with Gasteiger partial charge < -0.3 is 10.6 Å². The summed E-state index contributed by atoms with van der Waals surface area (Å²) in [7, 11) is 0. The summed E-state index contributed by atoms with van der Waals surface area (Å²) in [4.78, 5) is 17.9. The van der Waals surface area contributed by atoms with Crippen LogP contribution in [0.25, 0.3) is 5.65 Å². The summed E-state index contributed by atoms with van der Waals surface area (Å²) in [5.74, 6) is 1.35. The van der Waals surface area contributed by atoms with E-state index in [2.05, 4.69) is 27.0 Å². The normalized spacial score (nSPS) is 21.8. The summed E-state index contributed by atoms with van der Waals surface area (Å²) >= 11 is 0. The fourth-order valence-electron chi connectivity index (χ4n) is 2.62. The molecule has 3 N–H and O–H groups in total. The van der Waals surface area contributed by atoms with Crippen molar-refractivity contribution in [2.45, 2.75) is 25.8 Å². The lowest BCUT2D eigenvalue weighted by molar-refractivity contribution is 0.363. The van der Waals surface area contributed by atoms with Crippen LogP contribution in [0.15, 0.2) is 17.2 Å². The van der Waals surface area contributed by atoms with Gasteiger partial charge in [-0.2, -0.15) is 5.10 Å². The minimum atomic E-state index is -0.263. The predicted molar refractivity (Wildman–Crippen MR) is 72.2 cm³/mol. The van der Waals surface area contributed by atoms with Crippen LogP contribution in [0.5, 0.6) is 0 Å². The van der Waals surface area contributed by atoms with Crippen LogP contribution in [-0.2, 0) is 0 Å². The number of piperidine rings is 1. The van der Waals surface area contributed by atoms with Gasteiger partial charge in [0.1, 0.15) is 12.1 Å². The third-order valence-corrected chi connectivity index (χ3v) is 3.82. The highest BCUT2D eigenvalue weighted by molar-refractivity contribution is 5.50. The monoisotopic (exact) mass is 262 g/mol. The summed E-state index contributed by atoms with van der Waals surface area (Å²) in [6.07, 6.45) is 3.80. The van der Waals surface area contributed by atoms with E-state index in [-0.39, 0.29) is 11.7 Å². The molecule has 0 radical (unpaired) electrons. The maximum atomic E-state index is 11.4. The molecule has 0 saturated carbocycles. The van der Waals surface area contributed by atoms with Crippen LogP contribution in [-0.4, -0.2) is 38.7 Å². The number of anilines is 1. The first-order valence-electron chi connectivity index (χ1n) is 6.58. The zero-order chi connectivity index (χ0) is 13.4. The minimum Gasteiger partial charge on any atom is -0.356 e. The van der Waals surface area contributed by atoms with E-state index in [9.17, 15) is 4.79 Å². The summed E-state index contributed by atoms with van der Waals surface area (Å²) in [5, 5.41) is 6.37. The standard InChI is InChI=1S/C12H18N6O/c1-8(13)9-3-2-4-17(6-9)10-5-11-15-16-12(19)18(11)7-14-10/h5,7-9H,2-4,6,13H2,1H3,(H,16,19). The van der Waals surface area contributed by atoms with Crippen LogP contribution < -0.4 is 16.3 Å². The molecule has 1 saturated heterocycles. The lowest BCUT2D eigenvalue weighted by atomic mass is 9.92. The van der Waals surface area contributed by atoms with Crippen molar-refractivity contribution in [3.63, 3.8) is 0 Å². The molecule has 0 bridgehead atoms. The van der Waals surface area contributed by atoms with E-state index in [1.54, 1.807) is 0 Å². The van der Waals surface area contributed by atoms with E-state index in [1.165, 1.54) is 10.7 Å². The highest BCUT2D eigenvalue weighted by Gasteiger charge is 2.23. The zero-order valence-corrected chi connectivity index (χ0v) is 10.9. The molecule has 1 fully saturated rings. The molecule has 2 unspecified atom stereocenters. The first-order chi connectivity index (χ1) is 9.15. The first kappa shape index (κ1) is 12.2. The average molecular weight is 262 g/mol. The maximum Gasteiger partial charge on any atom is 0.348 e. The Morgan fingerprint density at radius 2 is 2.42 bits per heavy atom. The Hall–Kier alpha value is -1.89. The van der Waals surface area contributed by atoms with Gasteiger partial charge in [-0.1, -0.05) is 0 Å². The van der Waals surface area contributed by atoms with Gasteiger partial charge >= 0.3 is 5.69 Å². The number of H-pyrrole nitrogens is 1. The quantitative estimate of drug-likeness (QED) is 0.793. The molecule has 0 aromatic carbocycles. The molecule has 2 atom stereocenters. The molecule has 19 heavy (non-hydrogen) atoms. The third kappa shape index (κ3) is 2.21. The van der Waals surface area contributed by atoms with Crippen LogP contribution in [0.3, 0.4) is 0 Å². The maximum absolute atomic E-state index is 11.4. The van der Waals surface area contributed by atoms with E-state index >= 15 is 0 Å². The van der Waals surface area contributed by atoms with Crippen molar-refractivity contribution >= 4 is 11.5 Å². The molecule has 7 nitrogen and oxygen atoms in total. The fourth-order valence-corrected chi connectivity index (χ4v) is 2.62. The largest absolute Gasteiger partial charge is 0.356 e. The van der Waals surface area contributed by atoms with E-state index < -0.39 is 0 Å². The number of fused-ring (bicyclic) bond motifs is 1. The van der Waals surface area contributed by atoms with Crippen molar-refractivity contribution < 1.29 is 0 Å². The Bertz CT molecular complexity index is 630. The van der Waals surface area contributed by atoms with Gasteiger partial charge in [-0.05, 0) is 25.7 Å². The number of hydrogen-bond donors (Lipinski definition) is 2. The molecular formula is C12H18N6O. The molecule has 0 amide bonds. The van der Waals surface area contributed by atoms with Crippen molar-refractivity contribution in [3.05, 3.63) is 22.9 Å². The smallest absolute Gasteiger partial charge is 0.348 e. The summed E-state index contributed by atoms with van der Waals surface area (Å²) in [5.41, 5.74) is 6.32. The Labute approximate surface area is 110 Å². The number of aromatic nitrogens is 4. The predicted octanol–water partition coefficient (Wildman–Crippen LogP) is -0.0188. The van der Waals surface area contributed by atoms with Gasteiger partial charge in [0.2, 0.25) is 0 Å². The topological polar surface area (TPSA) is 92.3 Å². The van der Waals surface area contributed by atoms with Gasteiger partial charge in [0.15, 0.2) is 5.65 Å². The minimum absolute atomic E-state index is 0.194. The van der Waals surface area contributed by atoms with E-state index in [0.717, 1.165) is 31.7 Å². The number of nitrogens with one attached hydrogen (secondary N) is 1. The average Bonchev–Trinajstić information content (AvgIpc) is 2.80. The number of rotatable bonds is 2. The lowest BCUT2D eigenvalue weighted by Crippen LogP contribution is -2.42. The second kappa shape index (κ2) is 4.65. The Kier molecular flexibility index (Phi) is 2.98. The van der Waals surface area contributed by atoms with Gasteiger partial charge in [-0.25, -0.2) is 19.3 Å². The number of nitrogens with zero attached hydrogens (tertiary/aromatic N) is 4. The first-order valence-corrected chi connectivity index (χ1v) is 6.58. The van der Waals surface area contributed by atoms with Crippen molar-refractivity contribution in [1.29, 1.82) is 0 Å². The number of hydrogen-bond acceptors (Lipinski definition) is 5. The molecule has 102 valence electrons. The van der Waals surface area contributed by atoms with E-state index in [1.807, 2.05) is 6.07 Å². The third-order valence-electron chi connectivity index (χ3n) is 3.82. The number of nitrogens with two attached hydrogens (primary N) is 1. The van der Waals surface area contributed by atoms with Crippen LogP contribution in [0.2, 0.25) is 0 Å². The van der Waals surface area contributed by atoms with Crippen LogP contribution in [0.4, 0.5) is 5.82 Å². The summed E-state index contributed by atoms with van der Waals surface area (Å²) < 4.78 is 1.40. The highest BCUT2D eigenvalue weighted by atomic mass is 16.1. The van der Waals surface area contributed by atoms with Crippen LogP contribution in [0, 0.1) is 5.92 Å². The van der Waals surface area contributed by atoms with Gasteiger partial charge in [-0.15, -0.1) is 0 Å². The Balaban J connectivity index is 1.89. The van der Waals surface area contributed by atoms with Crippen molar-refractivity contribution in [2.24, 2.45) is 11.7 Å². The SMILES string of the molecule is CC(N)C1CCCN(c2cc3n[nH]c(=O)n3cn2)C1. The Morgan fingerprint density at radius 1 is 1.58 bits per heavy atom. The molecule has 1 aliphatic heterocycles. The molecule has 2 aromatic heterocycles. The van der Waals surface area contributed by atoms with Crippen molar-refractivity contribution in [2.75, 3.05) is 18.0 Å². The summed E-state index contributed by atoms with van der Waals surface area (Å²) in [6, 6.07) is 2.03. The molecule has 3 rings (SSSR count). The molecule has 0 aliphatic carbocycles. The van der Waals surface area contributed by atoms with Gasteiger partial charge in [0.25, 0.3) is 0 Å². The second-order valence-corrected chi connectivity index (χ2v) is 5.21. The highest BCUT2D eigenvalue weighted by Crippen LogP contribution is 2.23. The molecular weight excluding hydrogens is 244 g/mol. The molecule has 0 spiro atoms. The van der Waals surface area contributed by atoms with Crippen molar-refractivity contribution in [1.82, 2.24) is 19.6 Å². The molecule has 2 aromatic rings. The zero-order valence-electron chi connectivity index (χ0n) is 10.9.